The highest BCUT2D eigenvalue weighted by Gasteiger charge is 2.22. The smallest absolute Gasteiger partial charge is 0.321 e. The quantitative estimate of drug-likeness (QED) is 0.851. The molecule has 6 nitrogen and oxygen atoms in total. The van der Waals surface area contributed by atoms with Gasteiger partial charge in [-0.1, -0.05) is 18.2 Å². The fourth-order valence-electron chi connectivity index (χ4n) is 3.08. The normalized spacial score (nSPS) is 14.4. The molecule has 2 aromatic carbocycles. The van der Waals surface area contributed by atoms with E-state index in [1.165, 1.54) is 0 Å². The average Bonchev–Trinajstić information content (AvgIpc) is 2.72. The Hall–Kier alpha value is -3.04. The van der Waals surface area contributed by atoms with Crippen LogP contribution in [0.1, 0.15) is 24.0 Å². The lowest BCUT2D eigenvalue weighted by Crippen LogP contribution is -2.41. The maximum atomic E-state index is 12.4. The summed E-state index contributed by atoms with van der Waals surface area (Å²) in [6.45, 7) is 1.85. The number of anilines is 1. The van der Waals surface area contributed by atoms with Gasteiger partial charge in [-0.3, -0.25) is 0 Å². The topological polar surface area (TPSA) is 85.6 Å². The zero-order valence-corrected chi connectivity index (χ0v) is 15.1. The summed E-state index contributed by atoms with van der Waals surface area (Å²) in [6, 6.07) is 16.5. The summed E-state index contributed by atoms with van der Waals surface area (Å²) < 4.78 is 5.79. The Bertz CT molecular complexity index is 823. The molecular weight excluding hydrogens is 342 g/mol. The van der Waals surface area contributed by atoms with Crippen LogP contribution in [0.4, 0.5) is 10.5 Å². The van der Waals surface area contributed by atoms with E-state index in [0.717, 1.165) is 18.4 Å². The van der Waals surface area contributed by atoms with Crippen LogP contribution >= 0.6 is 0 Å². The second kappa shape index (κ2) is 9.06. The maximum absolute atomic E-state index is 12.4. The van der Waals surface area contributed by atoms with Crippen molar-refractivity contribution in [3.05, 3.63) is 59.7 Å². The number of nitriles is 1. The number of carbonyl (C=O) groups excluding carboxylic acids is 1. The van der Waals surface area contributed by atoms with Gasteiger partial charge in [0.15, 0.2) is 0 Å². The molecule has 2 aromatic rings. The zero-order valence-electron chi connectivity index (χ0n) is 15.1. The number of carbonyl (C=O) groups is 1. The molecule has 0 saturated carbocycles. The Morgan fingerprint density at radius 2 is 2.00 bits per heavy atom. The molecule has 1 heterocycles. The molecule has 1 aliphatic rings. The first kappa shape index (κ1) is 18.7. The van der Waals surface area contributed by atoms with Gasteiger partial charge >= 0.3 is 6.03 Å². The van der Waals surface area contributed by atoms with E-state index in [-0.39, 0.29) is 12.6 Å². The minimum atomic E-state index is -0.134. The highest BCUT2D eigenvalue weighted by atomic mass is 16.5. The summed E-state index contributed by atoms with van der Waals surface area (Å²) in [4.78, 5) is 14.2. The predicted octanol–water partition coefficient (Wildman–Crippen LogP) is 3.37. The monoisotopic (exact) mass is 365 g/mol. The number of hydrogen-bond acceptors (Lipinski definition) is 4. The summed E-state index contributed by atoms with van der Waals surface area (Å²) in [6.07, 6.45) is 1.66. The SMILES string of the molecule is N#Cc1cccc(COc2cccc(NC(=O)N3CCC(CO)CC3)c2)c1. The van der Waals surface area contributed by atoms with E-state index in [4.69, 9.17) is 10.00 Å². The highest BCUT2D eigenvalue weighted by Crippen LogP contribution is 2.21. The van der Waals surface area contributed by atoms with Crippen molar-refractivity contribution in [3.8, 4) is 11.8 Å². The van der Waals surface area contributed by atoms with Gasteiger partial charge in [0.2, 0.25) is 0 Å². The predicted molar refractivity (Wildman–Crippen MR) is 102 cm³/mol. The number of likely N-dealkylation sites (tertiary alicyclic amines) is 1. The molecule has 140 valence electrons. The molecule has 0 spiro atoms. The Morgan fingerprint density at radius 1 is 1.22 bits per heavy atom. The van der Waals surface area contributed by atoms with Crippen molar-refractivity contribution in [2.75, 3.05) is 25.0 Å². The number of amides is 2. The summed E-state index contributed by atoms with van der Waals surface area (Å²) in [5.74, 6) is 0.944. The van der Waals surface area contributed by atoms with Crippen molar-refractivity contribution in [3.63, 3.8) is 0 Å². The second-order valence-electron chi connectivity index (χ2n) is 6.67. The molecule has 1 aliphatic heterocycles. The van der Waals surface area contributed by atoms with E-state index >= 15 is 0 Å². The number of rotatable bonds is 5. The molecule has 0 unspecified atom stereocenters. The van der Waals surface area contributed by atoms with Gasteiger partial charge in [-0.15, -0.1) is 0 Å². The van der Waals surface area contributed by atoms with Crippen LogP contribution in [0.5, 0.6) is 5.75 Å². The maximum Gasteiger partial charge on any atom is 0.321 e. The number of aliphatic hydroxyl groups is 1. The van der Waals surface area contributed by atoms with Gasteiger partial charge in [0.1, 0.15) is 12.4 Å². The van der Waals surface area contributed by atoms with Crippen molar-refractivity contribution in [2.24, 2.45) is 5.92 Å². The Balaban J connectivity index is 1.55. The Labute approximate surface area is 159 Å². The lowest BCUT2D eigenvalue weighted by atomic mass is 9.98. The highest BCUT2D eigenvalue weighted by molar-refractivity contribution is 5.89. The molecule has 3 rings (SSSR count). The molecule has 0 aromatic heterocycles. The molecular formula is C21H23N3O3. The van der Waals surface area contributed by atoms with E-state index in [1.807, 2.05) is 30.3 Å². The first-order chi connectivity index (χ1) is 13.2. The summed E-state index contributed by atoms with van der Waals surface area (Å²) in [5.41, 5.74) is 2.19. The van der Waals surface area contributed by atoms with E-state index in [1.54, 1.807) is 23.1 Å². The first-order valence-electron chi connectivity index (χ1n) is 9.06. The first-order valence-corrected chi connectivity index (χ1v) is 9.06. The van der Waals surface area contributed by atoms with Crippen LogP contribution in [0.3, 0.4) is 0 Å². The lowest BCUT2D eigenvalue weighted by molar-refractivity contribution is 0.143. The number of nitrogens with one attached hydrogen (secondary N) is 1. The van der Waals surface area contributed by atoms with Crippen LogP contribution in [-0.4, -0.2) is 35.7 Å². The third-order valence-corrected chi connectivity index (χ3v) is 4.71. The number of aliphatic hydroxyl groups excluding tert-OH is 1. The van der Waals surface area contributed by atoms with E-state index in [2.05, 4.69) is 11.4 Å². The zero-order chi connectivity index (χ0) is 19.1. The molecule has 6 heteroatoms. The van der Waals surface area contributed by atoms with E-state index < -0.39 is 0 Å². The lowest BCUT2D eigenvalue weighted by Gasteiger charge is -2.31. The molecule has 1 saturated heterocycles. The van der Waals surface area contributed by atoms with Crippen LogP contribution in [-0.2, 0) is 6.61 Å². The number of urea groups is 1. The molecule has 0 aliphatic carbocycles. The molecule has 0 radical (unpaired) electrons. The van der Waals surface area contributed by atoms with Crippen molar-refractivity contribution < 1.29 is 14.6 Å². The van der Waals surface area contributed by atoms with Crippen LogP contribution in [0.25, 0.3) is 0 Å². The molecule has 2 N–H and O–H groups in total. The molecule has 1 fully saturated rings. The van der Waals surface area contributed by atoms with Crippen LogP contribution in [0.15, 0.2) is 48.5 Å². The number of hydrogen-bond donors (Lipinski definition) is 2. The Kier molecular flexibility index (Phi) is 6.29. The summed E-state index contributed by atoms with van der Waals surface area (Å²) >= 11 is 0. The molecule has 0 atom stereocenters. The molecule has 0 bridgehead atoms. The van der Waals surface area contributed by atoms with Gasteiger partial charge in [0.05, 0.1) is 11.6 Å². The fourth-order valence-corrected chi connectivity index (χ4v) is 3.08. The Morgan fingerprint density at radius 3 is 2.74 bits per heavy atom. The number of nitrogens with zero attached hydrogens (tertiary/aromatic N) is 2. The average molecular weight is 365 g/mol. The van der Waals surface area contributed by atoms with Crippen molar-refractivity contribution in [2.45, 2.75) is 19.4 Å². The largest absolute Gasteiger partial charge is 0.489 e. The van der Waals surface area contributed by atoms with Gasteiger partial charge in [-0.25, -0.2) is 4.79 Å². The van der Waals surface area contributed by atoms with Gasteiger partial charge in [-0.05, 0) is 48.6 Å². The van der Waals surface area contributed by atoms with Gasteiger partial charge in [0.25, 0.3) is 0 Å². The third-order valence-electron chi connectivity index (χ3n) is 4.71. The van der Waals surface area contributed by atoms with Crippen molar-refractivity contribution >= 4 is 11.7 Å². The summed E-state index contributed by atoms with van der Waals surface area (Å²) in [5, 5.41) is 21.1. The van der Waals surface area contributed by atoms with Crippen LogP contribution < -0.4 is 10.1 Å². The van der Waals surface area contributed by atoms with Crippen molar-refractivity contribution in [1.29, 1.82) is 5.26 Å². The van der Waals surface area contributed by atoms with Crippen LogP contribution in [0, 0.1) is 17.2 Å². The van der Waals surface area contributed by atoms with E-state index in [0.29, 0.717) is 42.6 Å². The third kappa shape index (κ3) is 5.22. The summed E-state index contributed by atoms with van der Waals surface area (Å²) in [7, 11) is 0. The fraction of sp³-hybridized carbons (Fsp3) is 0.333. The molecule has 27 heavy (non-hydrogen) atoms. The van der Waals surface area contributed by atoms with Gasteiger partial charge in [0, 0.05) is 31.5 Å². The van der Waals surface area contributed by atoms with E-state index in [9.17, 15) is 9.90 Å². The van der Waals surface area contributed by atoms with Gasteiger partial charge < -0.3 is 20.1 Å². The molecule has 2 amide bonds. The minimum absolute atomic E-state index is 0.134. The van der Waals surface area contributed by atoms with Crippen molar-refractivity contribution in [1.82, 2.24) is 4.90 Å². The minimum Gasteiger partial charge on any atom is -0.489 e. The van der Waals surface area contributed by atoms with Crippen LogP contribution in [0.2, 0.25) is 0 Å². The van der Waals surface area contributed by atoms with Gasteiger partial charge in [-0.2, -0.15) is 5.26 Å². The second-order valence-corrected chi connectivity index (χ2v) is 6.67. The number of piperidine rings is 1. The number of benzene rings is 2. The number of ether oxygens (including phenoxy) is 1. The standard InChI is InChI=1S/C21H23N3O3/c22-13-17-3-1-4-18(11-17)15-27-20-6-2-5-19(12-20)23-21(26)24-9-7-16(14-25)8-10-24/h1-6,11-12,16,25H,7-10,14-15H2,(H,23,26).